The van der Waals surface area contributed by atoms with Crippen LogP contribution in [0.1, 0.15) is 73.3 Å². The van der Waals surface area contributed by atoms with E-state index in [0.29, 0.717) is 37.5 Å². The van der Waals surface area contributed by atoms with E-state index in [2.05, 4.69) is 10.2 Å². The van der Waals surface area contributed by atoms with Crippen molar-refractivity contribution in [3.05, 3.63) is 17.5 Å². The second-order valence-corrected chi connectivity index (χ2v) is 8.20. The Morgan fingerprint density at radius 3 is 2.79 bits per heavy atom. The average molecular weight is 404 g/mol. The summed E-state index contributed by atoms with van der Waals surface area (Å²) in [6.07, 6.45) is 9.58. The lowest BCUT2D eigenvalue weighted by atomic mass is 9.85. The minimum absolute atomic E-state index is 0.00465. The second kappa shape index (κ2) is 8.14. The largest absolute Gasteiger partial charge is 0.483 e. The Balaban J connectivity index is 0.000000645. The maximum absolute atomic E-state index is 13.4. The molecule has 2 amide bonds. The van der Waals surface area contributed by atoms with E-state index in [1.54, 1.807) is 6.20 Å². The van der Waals surface area contributed by atoms with Gasteiger partial charge in [0.25, 0.3) is 12.4 Å². The smallest absolute Gasteiger partial charge is 0.290 e. The van der Waals surface area contributed by atoms with Crippen molar-refractivity contribution < 1.29 is 24.2 Å². The van der Waals surface area contributed by atoms with Gasteiger partial charge in [-0.3, -0.25) is 19.5 Å². The molecule has 0 radical (unpaired) electrons. The van der Waals surface area contributed by atoms with E-state index < -0.39 is 5.72 Å². The molecule has 1 aliphatic carbocycles. The molecular formula is C20H28N4O5. The van der Waals surface area contributed by atoms with Gasteiger partial charge in [0.05, 0.1) is 36.5 Å². The van der Waals surface area contributed by atoms with Crippen molar-refractivity contribution in [2.75, 3.05) is 19.7 Å². The molecule has 29 heavy (non-hydrogen) atoms. The van der Waals surface area contributed by atoms with E-state index in [4.69, 9.17) is 14.6 Å². The summed E-state index contributed by atoms with van der Waals surface area (Å²) in [6.45, 7) is 1.81. The molecule has 3 saturated heterocycles. The van der Waals surface area contributed by atoms with Crippen molar-refractivity contribution in [1.82, 2.24) is 20.0 Å². The lowest BCUT2D eigenvalue weighted by molar-refractivity contribution is -0.179. The van der Waals surface area contributed by atoms with Gasteiger partial charge in [-0.2, -0.15) is 5.10 Å². The number of ether oxygens (including phenoxy) is 1. The summed E-state index contributed by atoms with van der Waals surface area (Å²) in [5, 5.41) is 14.2. The molecule has 9 nitrogen and oxygen atoms in total. The Hall–Kier alpha value is -2.42. The standard InChI is InChI=1S/C19H26N4O3.CH2O2/c24-16-11-15-19(23(16)8-4-10-26-19)7-9-22(15)18(25)14-12-20-21-17(14)13-5-2-1-3-6-13;2-1-3/h12-13,15H,1-11H2,(H,20,21);1H,(H,2,3)/t15-,19+;/m1./s1. The molecule has 158 valence electrons. The molecule has 4 aliphatic rings. The van der Waals surface area contributed by atoms with E-state index in [-0.39, 0.29) is 24.3 Å². The summed E-state index contributed by atoms with van der Waals surface area (Å²) < 4.78 is 6.12. The third kappa shape index (κ3) is 3.31. The highest BCUT2D eigenvalue weighted by Crippen LogP contribution is 2.45. The van der Waals surface area contributed by atoms with Crippen molar-refractivity contribution in [3.63, 3.8) is 0 Å². The molecule has 0 aromatic carbocycles. The number of nitrogens with one attached hydrogen (secondary N) is 1. The highest BCUT2D eigenvalue weighted by atomic mass is 16.5. The van der Waals surface area contributed by atoms with E-state index >= 15 is 0 Å². The van der Waals surface area contributed by atoms with E-state index in [9.17, 15) is 9.59 Å². The van der Waals surface area contributed by atoms with Gasteiger partial charge in [-0.05, 0) is 19.3 Å². The Bertz CT molecular complexity index is 775. The molecule has 4 heterocycles. The second-order valence-electron chi connectivity index (χ2n) is 8.20. The maximum atomic E-state index is 13.4. The van der Waals surface area contributed by atoms with Gasteiger partial charge in [0, 0.05) is 25.4 Å². The fraction of sp³-hybridized carbons (Fsp3) is 0.700. The Morgan fingerprint density at radius 1 is 1.28 bits per heavy atom. The van der Waals surface area contributed by atoms with Gasteiger partial charge in [-0.15, -0.1) is 0 Å². The van der Waals surface area contributed by atoms with E-state index in [0.717, 1.165) is 31.5 Å². The Labute approximate surface area is 169 Å². The molecule has 2 N–H and O–H groups in total. The van der Waals surface area contributed by atoms with Gasteiger partial charge in [0.1, 0.15) is 0 Å². The third-order valence-electron chi connectivity index (χ3n) is 6.79. The molecule has 3 aliphatic heterocycles. The number of aromatic nitrogens is 2. The van der Waals surface area contributed by atoms with Crippen molar-refractivity contribution in [3.8, 4) is 0 Å². The molecule has 4 fully saturated rings. The van der Waals surface area contributed by atoms with Crippen LogP contribution in [-0.4, -0.2) is 74.9 Å². The van der Waals surface area contributed by atoms with Crippen molar-refractivity contribution in [2.45, 2.75) is 69.1 Å². The van der Waals surface area contributed by atoms with Crippen LogP contribution in [0.2, 0.25) is 0 Å². The molecule has 1 aromatic heterocycles. The predicted molar refractivity (Wildman–Crippen MR) is 102 cm³/mol. The predicted octanol–water partition coefficient (Wildman–Crippen LogP) is 1.72. The lowest BCUT2D eigenvalue weighted by Crippen LogP contribution is -2.56. The topological polar surface area (TPSA) is 116 Å². The molecule has 1 spiro atoms. The summed E-state index contributed by atoms with van der Waals surface area (Å²) in [5.41, 5.74) is 1.09. The van der Waals surface area contributed by atoms with Crippen LogP contribution in [0.4, 0.5) is 0 Å². The summed E-state index contributed by atoms with van der Waals surface area (Å²) in [4.78, 5) is 38.0. The number of rotatable bonds is 2. The number of likely N-dealkylation sites (tertiary alicyclic amines) is 1. The minimum atomic E-state index is -0.584. The fourth-order valence-electron chi connectivity index (χ4n) is 5.52. The van der Waals surface area contributed by atoms with E-state index in [1.165, 1.54) is 19.3 Å². The van der Waals surface area contributed by atoms with Crippen molar-refractivity contribution in [2.24, 2.45) is 0 Å². The number of carboxylic acid groups (broad SMARTS) is 1. The summed E-state index contributed by atoms with van der Waals surface area (Å²) in [6, 6.07) is -0.170. The van der Waals surface area contributed by atoms with Crippen LogP contribution >= 0.6 is 0 Å². The number of carbonyl (C=O) groups is 3. The quantitative estimate of drug-likeness (QED) is 0.725. The first kappa shape index (κ1) is 19.9. The van der Waals surface area contributed by atoms with Crippen LogP contribution in [0.3, 0.4) is 0 Å². The normalized spacial score (nSPS) is 29.1. The zero-order valence-corrected chi connectivity index (χ0v) is 16.5. The molecule has 5 rings (SSSR count). The highest BCUT2D eigenvalue weighted by Gasteiger charge is 2.61. The first-order valence-electron chi connectivity index (χ1n) is 10.5. The van der Waals surface area contributed by atoms with Crippen LogP contribution < -0.4 is 0 Å². The van der Waals surface area contributed by atoms with Crippen LogP contribution in [0, 0.1) is 0 Å². The first-order chi connectivity index (χ1) is 14.1. The van der Waals surface area contributed by atoms with Gasteiger partial charge in [0.2, 0.25) is 5.91 Å². The van der Waals surface area contributed by atoms with Gasteiger partial charge in [-0.1, -0.05) is 19.3 Å². The number of carbonyl (C=O) groups excluding carboxylic acids is 2. The highest BCUT2D eigenvalue weighted by molar-refractivity contribution is 5.96. The Morgan fingerprint density at radius 2 is 2.03 bits per heavy atom. The maximum Gasteiger partial charge on any atom is 0.290 e. The zero-order chi connectivity index (χ0) is 20.4. The molecule has 0 unspecified atom stereocenters. The zero-order valence-electron chi connectivity index (χ0n) is 16.5. The van der Waals surface area contributed by atoms with Crippen LogP contribution in [-0.2, 0) is 14.3 Å². The van der Waals surface area contributed by atoms with Gasteiger partial charge < -0.3 is 19.6 Å². The summed E-state index contributed by atoms with van der Waals surface area (Å²) >= 11 is 0. The molecule has 1 saturated carbocycles. The number of hydrogen-bond donors (Lipinski definition) is 2. The summed E-state index contributed by atoms with van der Waals surface area (Å²) in [5.74, 6) is 0.520. The number of H-pyrrole nitrogens is 1. The minimum Gasteiger partial charge on any atom is -0.483 e. The third-order valence-corrected chi connectivity index (χ3v) is 6.79. The van der Waals surface area contributed by atoms with Crippen LogP contribution in [0.25, 0.3) is 0 Å². The number of amides is 2. The monoisotopic (exact) mass is 404 g/mol. The van der Waals surface area contributed by atoms with Gasteiger partial charge >= 0.3 is 0 Å². The van der Waals surface area contributed by atoms with Gasteiger partial charge in [0.15, 0.2) is 5.72 Å². The molecular weight excluding hydrogens is 376 g/mol. The van der Waals surface area contributed by atoms with E-state index in [1.807, 2.05) is 9.80 Å². The average Bonchev–Trinajstić information content (AvgIpc) is 3.42. The van der Waals surface area contributed by atoms with Crippen LogP contribution in [0.15, 0.2) is 6.20 Å². The number of hydrogen-bond acceptors (Lipinski definition) is 5. The molecule has 9 heteroatoms. The SMILES string of the molecule is O=C(c1cn[nH]c1C1CCCCC1)N1CC[C@@]23OCCCN2C(=O)C[C@@H]13.O=CO. The molecule has 1 aromatic rings. The summed E-state index contributed by atoms with van der Waals surface area (Å²) in [7, 11) is 0. The van der Waals surface area contributed by atoms with Crippen molar-refractivity contribution in [1.29, 1.82) is 0 Å². The van der Waals surface area contributed by atoms with Gasteiger partial charge in [-0.25, -0.2) is 0 Å². The van der Waals surface area contributed by atoms with Crippen molar-refractivity contribution >= 4 is 18.3 Å². The fourth-order valence-corrected chi connectivity index (χ4v) is 5.52. The van der Waals surface area contributed by atoms with Crippen LogP contribution in [0.5, 0.6) is 0 Å². The first-order valence-corrected chi connectivity index (χ1v) is 10.5. The lowest BCUT2D eigenvalue weighted by Gasteiger charge is -2.42. The number of aromatic amines is 1. The number of nitrogens with zero attached hydrogens (tertiary/aromatic N) is 3. The molecule has 2 atom stereocenters. The Kier molecular flexibility index (Phi) is 5.58. The molecule has 0 bridgehead atoms.